The molecule has 0 saturated carbocycles. The van der Waals surface area contributed by atoms with Crippen LogP contribution < -0.4 is 4.90 Å². The largest absolute Gasteiger partial charge is 0.480 e. The summed E-state index contributed by atoms with van der Waals surface area (Å²) in [6, 6.07) is 6.54. The molecule has 1 atom stereocenters. The summed E-state index contributed by atoms with van der Waals surface area (Å²) in [7, 11) is 1.67. The van der Waals surface area contributed by atoms with Crippen molar-refractivity contribution in [1.29, 1.82) is 0 Å². The lowest BCUT2D eigenvalue weighted by atomic mass is 10.2. The normalized spacial score (nSPS) is 18.4. The Morgan fingerprint density at radius 3 is 2.74 bits per heavy atom. The van der Waals surface area contributed by atoms with Gasteiger partial charge in [0.2, 0.25) is 0 Å². The number of carbonyl (C=O) groups is 2. The molecule has 0 aromatic heterocycles. The number of hydrogen-bond donors (Lipinski definition) is 1. The van der Waals surface area contributed by atoms with Crippen LogP contribution in [0.4, 0.5) is 10.5 Å². The molecule has 0 unspecified atom stereocenters. The summed E-state index contributed by atoms with van der Waals surface area (Å²) in [6.07, 6.45) is 0. The molecule has 1 saturated heterocycles. The number of aryl methyl sites for hydroxylation is 1. The number of hydrogen-bond acceptors (Lipinski definition) is 3. The number of rotatable bonds is 2. The Balaban J connectivity index is 2.20. The molecule has 6 heteroatoms. The van der Waals surface area contributed by atoms with Gasteiger partial charge in [-0.1, -0.05) is 18.2 Å². The molecule has 1 aromatic carbocycles. The van der Waals surface area contributed by atoms with Gasteiger partial charge in [-0.25, -0.2) is 9.59 Å². The highest BCUT2D eigenvalue weighted by molar-refractivity contribution is 7.99. The summed E-state index contributed by atoms with van der Waals surface area (Å²) in [5.41, 5.74) is 1.78. The van der Waals surface area contributed by atoms with Gasteiger partial charge in [-0.3, -0.25) is 4.90 Å². The molecule has 1 aliphatic rings. The monoisotopic (exact) mass is 280 g/mol. The third-order valence-corrected chi connectivity index (χ3v) is 4.19. The van der Waals surface area contributed by atoms with Crippen molar-refractivity contribution in [3.63, 3.8) is 0 Å². The fraction of sp³-hybridized carbons (Fsp3) is 0.385. The van der Waals surface area contributed by atoms with Gasteiger partial charge in [-0.05, 0) is 18.6 Å². The van der Waals surface area contributed by atoms with Crippen LogP contribution in [0.15, 0.2) is 24.3 Å². The highest BCUT2D eigenvalue weighted by Gasteiger charge is 2.36. The quantitative estimate of drug-likeness (QED) is 0.900. The first-order valence-electron chi connectivity index (χ1n) is 5.93. The van der Waals surface area contributed by atoms with E-state index in [0.29, 0.717) is 11.6 Å². The number of anilines is 1. The maximum Gasteiger partial charge on any atom is 0.327 e. The predicted molar refractivity (Wildman–Crippen MR) is 75.6 cm³/mol. The zero-order valence-electron chi connectivity index (χ0n) is 10.9. The van der Waals surface area contributed by atoms with Crippen LogP contribution in [0.3, 0.4) is 0 Å². The van der Waals surface area contributed by atoms with E-state index in [1.807, 2.05) is 31.2 Å². The van der Waals surface area contributed by atoms with E-state index in [2.05, 4.69) is 0 Å². The lowest BCUT2D eigenvalue weighted by Crippen LogP contribution is -2.47. The number of para-hydroxylation sites is 1. The number of benzene rings is 1. The fourth-order valence-corrected chi connectivity index (χ4v) is 3.21. The van der Waals surface area contributed by atoms with Crippen LogP contribution in [0.2, 0.25) is 0 Å². The van der Waals surface area contributed by atoms with E-state index in [-0.39, 0.29) is 6.03 Å². The van der Waals surface area contributed by atoms with Crippen LogP contribution in [0.25, 0.3) is 0 Å². The van der Waals surface area contributed by atoms with Crippen LogP contribution in [0, 0.1) is 6.92 Å². The van der Waals surface area contributed by atoms with Crippen molar-refractivity contribution < 1.29 is 14.7 Å². The van der Waals surface area contributed by atoms with E-state index in [1.54, 1.807) is 7.05 Å². The Kier molecular flexibility index (Phi) is 3.99. The second-order valence-electron chi connectivity index (χ2n) is 4.45. The average molecular weight is 280 g/mol. The minimum atomic E-state index is -0.948. The minimum absolute atomic E-state index is 0.272. The first kappa shape index (κ1) is 13.7. The zero-order chi connectivity index (χ0) is 14.0. The van der Waals surface area contributed by atoms with Crippen molar-refractivity contribution in [2.75, 3.05) is 23.6 Å². The van der Waals surface area contributed by atoms with Crippen molar-refractivity contribution in [2.24, 2.45) is 0 Å². The first-order chi connectivity index (χ1) is 9.02. The molecule has 19 heavy (non-hydrogen) atoms. The molecule has 1 aromatic rings. The summed E-state index contributed by atoms with van der Waals surface area (Å²) in [6.45, 7) is 1.92. The van der Waals surface area contributed by atoms with Crippen molar-refractivity contribution >= 4 is 29.4 Å². The average Bonchev–Trinajstić information content (AvgIpc) is 2.87. The summed E-state index contributed by atoms with van der Waals surface area (Å²) in [5, 5.41) is 9.11. The SMILES string of the molecule is Cc1ccccc1N(C)C(=O)N1CSC[C@H]1C(=O)O. The van der Waals surface area contributed by atoms with E-state index >= 15 is 0 Å². The molecule has 1 N–H and O–H groups in total. The number of carbonyl (C=O) groups excluding carboxylic acids is 1. The second kappa shape index (κ2) is 5.52. The zero-order valence-corrected chi connectivity index (χ0v) is 11.7. The van der Waals surface area contributed by atoms with Gasteiger partial charge < -0.3 is 10.0 Å². The molecule has 102 valence electrons. The number of thioether (sulfide) groups is 1. The summed E-state index contributed by atoms with van der Waals surface area (Å²) in [5.74, 6) is -0.0779. The Morgan fingerprint density at radius 1 is 1.42 bits per heavy atom. The van der Waals surface area contributed by atoms with Crippen LogP contribution in [0.1, 0.15) is 5.56 Å². The third kappa shape index (κ3) is 2.68. The summed E-state index contributed by atoms with van der Waals surface area (Å²) >= 11 is 1.46. The number of urea groups is 1. The minimum Gasteiger partial charge on any atom is -0.480 e. The second-order valence-corrected chi connectivity index (χ2v) is 5.45. The Bertz CT molecular complexity index is 506. The van der Waals surface area contributed by atoms with E-state index in [1.165, 1.54) is 21.6 Å². The highest BCUT2D eigenvalue weighted by atomic mass is 32.2. The maximum atomic E-state index is 12.4. The van der Waals surface area contributed by atoms with Crippen LogP contribution in [0.5, 0.6) is 0 Å². The molecule has 0 radical (unpaired) electrons. The van der Waals surface area contributed by atoms with Gasteiger partial charge in [0.25, 0.3) is 0 Å². The third-order valence-electron chi connectivity index (χ3n) is 3.18. The van der Waals surface area contributed by atoms with Crippen LogP contribution in [-0.4, -0.2) is 46.7 Å². The van der Waals surface area contributed by atoms with Gasteiger partial charge in [0, 0.05) is 18.5 Å². The molecule has 5 nitrogen and oxygen atoms in total. The number of aliphatic carboxylic acids is 1. The molecule has 2 amide bonds. The van der Waals surface area contributed by atoms with Gasteiger partial charge in [0.05, 0.1) is 5.88 Å². The number of amides is 2. The Hall–Kier alpha value is -1.69. The topological polar surface area (TPSA) is 60.9 Å². The van der Waals surface area contributed by atoms with E-state index < -0.39 is 12.0 Å². The van der Waals surface area contributed by atoms with E-state index in [9.17, 15) is 9.59 Å². The van der Waals surface area contributed by atoms with Crippen molar-refractivity contribution in [2.45, 2.75) is 13.0 Å². The Labute approximate surface area is 116 Å². The van der Waals surface area contributed by atoms with E-state index in [4.69, 9.17) is 5.11 Å². The Morgan fingerprint density at radius 2 is 2.11 bits per heavy atom. The molecule has 1 heterocycles. The lowest BCUT2D eigenvalue weighted by molar-refractivity contribution is -0.140. The summed E-state index contributed by atoms with van der Waals surface area (Å²) < 4.78 is 0. The molecule has 0 aliphatic carbocycles. The number of carboxylic acids is 1. The highest BCUT2D eigenvalue weighted by Crippen LogP contribution is 2.25. The lowest BCUT2D eigenvalue weighted by Gasteiger charge is -2.27. The van der Waals surface area contributed by atoms with Crippen LogP contribution in [-0.2, 0) is 4.79 Å². The van der Waals surface area contributed by atoms with Gasteiger partial charge in [0.15, 0.2) is 0 Å². The molecule has 0 bridgehead atoms. The van der Waals surface area contributed by atoms with Crippen molar-refractivity contribution in [3.05, 3.63) is 29.8 Å². The maximum absolute atomic E-state index is 12.4. The first-order valence-corrected chi connectivity index (χ1v) is 7.08. The number of carboxylic acid groups (broad SMARTS) is 1. The molecule has 0 spiro atoms. The van der Waals surface area contributed by atoms with Crippen LogP contribution >= 0.6 is 11.8 Å². The fourth-order valence-electron chi connectivity index (χ4n) is 2.07. The smallest absolute Gasteiger partial charge is 0.327 e. The van der Waals surface area contributed by atoms with Gasteiger partial charge in [-0.15, -0.1) is 11.8 Å². The van der Waals surface area contributed by atoms with Crippen molar-refractivity contribution in [1.82, 2.24) is 4.90 Å². The standard InChI is InChI=1S/C13H16N2O3S/c1-9-5-3-4-6-10(9)14(2)13(18)15-8-19-7-11(15)12(16)17/h3-6,11H,7-8H2,1-2H3,(H,16,17)/t11-/m0/s1. The van der Waals surface area contributed by atoms with Gasteiger partial charge in [0.1, 0.15) is 6.04 Å². The van der Waals surface area contributed by atoms with Gasteiger partial charge >= 0.3 is 12.0 Å². The molecular formula is C13H16N2O3S. The molecular weight excluding hydrogens is 264 g/mol. The predicted octanol–water partition coefficient (Wildman–Crippen LogP) is 2.01. The molecule has 1 aliphatic heterocycles. The van der Waals surface area contributed by atoms with Crippen molar-refractivity contribution in [3.8, 4) is 0 Å². The van der Waals surface area contributed by atoms with Gasteiger partial charge in [-0.2, -0.15) is 0 Å². The molecule has 1 fully saturated rings. The number of nitrogens with zero attached hydrogens (tertiary/aromatic N) is 2. The summed E-state index contributed by atoms with van der Waals surface area (Å²) in [4.78, 5) is 26.4. The molecule has 2 rings (SSSR count). The van der Waals surface area contributed by atoms with E-state index in [0.717, 1.165) is 11.3 Å².